The quantitative estimate of drug-likeness (QED) is 0.536. The predicted molar refractivity (Wildman–Crippen MR) is 62.4 cm³/mol. The fraction of sp³-hybridized carbons (Fsp3) is 0.500. The van der Waals surface area contributed by atoms with Gasteiger partial charge in [0, 0.05) is 19.0 Å². The molecule has 14 heavy (non-hydrogen) atoms. The van der Waals surface area contributed by atoms with E-state index in [2.05, 4.69) is 11.9 Å². The van der Waals surface area contributed by atoms with E-state index in [4.69, 9.17) is 0 Å². The lowest BCUT2D eigenvalue weighted by molar-refractivity contribution is 0.352. The van der Waals surface area contributed by atoms with Crippen molar-refractivity contribution in [3.8, 4) is 0 Å². The smallest absolute Gasteiger partial charge is 0.114 e. The maximum absolute atomic E-state index is 9.50. The fourth-order valence-corrected chi connectivity index (χ4v) is 1.23. The Balaban J connectivity index is 0.000000791. The lowest BCUT2D eigenvalue weighted by Crippen LogP contribution is -2.43. The Hall–Kier alpha value is -1.02. The third-order valence-corrected chi connectivity index (χ3v) is 2.09. The first-order chi connectivity index (χ1) is 6.79. The van der Waals surface area contributed by atoms with E-state index in [1.165, 1.54) is 0 Å². The summed E-state index contributed by atoms with van der Waals surface area (Å²) in [5, 5.41) is 12.7. The van der Waals surface area contributed by atoms with Crippen LogP contribution in [0.25, 0.3) is 0 Å². The van der Waals surface area contributed by atoms with E-state index < -0.39 is 0 Å². The van der Waals surface area contributed by atoms with Gasteiger partial charge in [-0.3, -0.25) is 0 Å². The van der Waals surface area contributed by atoms with Gasteiger partial charge in [0.15, 0.2) is 0 Å². The molecule has 2 heteroatoms. The Morgan fingerprint density at radius 1 is 1.43 bits per heavy atom. The summed E-state index contributed by atoms with van der Waals surface area (Å²) in [6, 6.07) is 0. The zero-order valence-corrected chi connectivity index (χ0v) is 9.38. The number of aliphatic hydroxyl groups is 1. The van der Waals surface area contributed by atoms with Crippen molar-refractivity contribution in [2.45, 2.75) is 20.8 Å². The Bertz CT molecular complexity index is 224. The number of hydrogen-bond donors (Lipinski definition) is 2. The maximum atomic E-state index is 9.50. The summed E-state index contributed by atoms with van der Waals surface area (Å²) >= 11 is 0. The van der Waals surface area contributed by atoms with Crippen LogP contribution in [-0.4, -0.2) is 18.2 Å². The minimum Gasteiger partial charge on any atom is -0.508 e. The average Bonchev–Trinajstić information content (AvgIpc) is 2.16. The van der Waals surface area contributed by atoms with E-state index >= 15 is 0 Å². The summed E-state index contributed by atoms with van der Waals surface area (Å²) in [6.07, 6.45) is 5.31. The zero-order valence-electron chi connectivity index (χ0n) is 9.38. The van der Waals surface area contributed by atoms with Crippen molar-refractivity contribution in [1.82, 2.24) is 5.32 Å². The summed E-state index contributed by atoms with van der Waals surface area (Å²) in [4.78, 5) is 0. The van der Waals surface area contributed by atoms with Crippen LogP contribution in [0.2, 0.25) is 0 Å². The molecule has 1 fully saturated rings. The number of hydrogen-bond acceptors (Lipinski definition) is 2. The van der Waals surface area contributed by atoms with Gasteiger partial charge in [-0.15, -0.1) is 0 Å². The van der Waals surface area contributed by atoms with E-state index in [-0.39, 0.29) is 0 Å². The molecule has 0 radical (unpaired) electrons. The van der Waals surface area contributed by atoms with E-state index in [1.54, 1.807) is 12.2 Å². The van der Waals surface area contributed by atoms with Crippen molar-refractivity contribution in [2.75, 3.05) is 13.1 Å². The summed E-state index contributed by atoms with van der Waals surface area (Å²) in [7, 11) is 0. The Morgan fingerprint density at radius 3 is 2.29 bits per heavy atom. The molecule has 1 aliphatic heterocycles. The molecular weight excluding hydrogens is 174 g/mol. The molecule has 2 N–H and O–H groups in total. The molecule has 0 aromatic heterocycles. The van der Waals surface area contributed by atoms with Crippen LogP contribution >= 0.6 is 0 Å². The molecule has 0 aromatic rings. The van der Waals surface area contributed by atoms with Crippen molar-refractivity contribution in [3.05, 3.63) is 36.1 Å². The van der Waals surface area contributed by atoms with Gasteiger partial charge in [0.25, 0.3) is 0 Å². The second kappa shape index (κ2) is 7.39. The lowest BCUT2D eigenvalue weighted by atomic mass is 9.91. The SMILES string of the molecule is C=C/C=C(\C(O)=C/C)C1CNC1.CC. The van der Waals surface area contributed by atoms with Crippen LogP contribution in [-0.2, 0) is 0 Å². The van der Waals surface area contributed by atoms with E-state index in [0.29, 0.717) is 11.7 Å². The van der Waals surface area contributed by atoms with Gasteiger partial charge in [-0.1, -0.05) is 32.6 Å². The van der Waals surface area contributed by atoms with Crippen molar-refractivity contribution < 1.29 is 5.11 Å². The van der Waals surface area contributed by atoms with Crippen molar-refractivity contribution in [2.24, 2.45) is 5.92 Å². The van der Waals surface area contributed by atoms with E-state index in [9.17, 15) is 5.11 Å². The third kappa shape index (κ3) is 3.38. The van der Waals surface area contributed by atoms with Gasteiger partial charge in [0.2, 0.25) is 0 Å². The topological polar surface area (TPSA) is 32.3 Å². The average molecular weight is 195 g/mol. The molecule has 0 atom stereocenters. The Kier molecular flexibility index (Phi) is 6.85. The molecule has 1 heterocycles. The lowest BCUT2D eigenvalue weighted by Gasteiger charge is -2.29. The van der Waals surface area contributed by atoms with Gasteiger partial charge < -0.3 is 10.4 Å². The van der Waals surface area contributed by atoms with Gasteiger partial charge in [-0.2, -0.15) is 0 Å². The summed E-state index contributed by atoms with van der Waals surface area (Å²) in [6.45, 7) is 11.4. The van der Waals surface area contributed by atoms with Gasteiger partial charge in [-0.05, 0) is 18.6 Å². The molecule has 0 spiro atoms. The predicted octanol–water partition coefficient (Wildman–Crippen LogP) is 2.81. The number of allylic oxidation sites excluding steroid dienone is 4. The highest BCUT2D eigenvalue weighted by Gasteiger charge is 2.22. The molecule has 0 aromatic carbocycles. The van der Waals surface area contributed by atoms with E-state index in [0.717, 1.165) is 18.7 Å². The van der Waals surface area contributed by atoms with Gasteiger partial charge in [-0.25, -0.2) is 0 Å². The molecule has 0 saturated carbocycles. The van der Waals surface area contributed by atoms with Crippen molar-refractivity contribution >= 4 is 0 Å². The minimum absolute atomic E-state index is 0.376. The molecular formula is C12H21NO. The van der Waals surface area contributed by atoms with Crippen LogP contribution in [0.4, 0.5) is 0 Å². The standard InChI is InChI=1S/C10H15NO.C2H6/c1-3-5-9(10(12)4-2)8-6-11-7-8;1-2/h3-5,8,11-12H,1,6-7H2,2H3;1-2H3/b9-5-,10-4+;. The molecule has 0 unspecified atom stereocenters. The Morgan fingerprint density at radius 2 is 2.00 bits per heavy atom. The first kappa shape index (κ1) is 13.0. The summed E-state index contributed by atoms with van der Waals surface area (Å²) in [5.74, 6) is 0.834. The third-order valence-electron chi connectivity index (χ3n) is 2.09. The molecule has 1 saturated heterocycles. The van der Waals surface area contributed by atoms with Crippen molar-refractivity contribution in [1.29, 1.82) is 0 Å². The number of rotatable bonds is 3. The molecule has 0 aliphatic carbocycles. The molecule has 0 amide bonds. The molecule has 80 valence electrons. The van der Waals surface area contributed by atoms with Crippen LogP contribution in [0, 0.1) is 5.92 Å². The van der Waals surface area contributed by atoms with Crippen molar-refractivity contribution in [3.63, 3.8) is 0 Å². The van der Waals surface area contributed by atoms with Crippen LogP contribution in [0.3, 0.4) is 0 Å². The summed E-state index contributed by atoms with van der Waals surface area (Å²) < 4.78 is 0. The Labute approximate surface area is 87.0 Å². The van der Waals surface area contributed by atoms with Gasteiger partial charge in [0.1, 0.15) is 5.76 Å². The number of nitrogens with one attached hydrogen (secondary N) is 1. The molecule has 0 bridgehead atoms. The highest BCUT2D eigenvalue weighted by atomic mass is 16.3. The highest BCUT2D eigenvalue weighted by Crippen LogP contribution is 2.21. The van der Waals surface area contributed by atoms with E-state index in [1.807, 2.05) is 26.8 Å². The zero-order chi connectivity index (χ0) is 11.0. The normalized spacial score (nSPS) is 17.9. The highest BCUT2D eigenvalue weighted by molar-refractivity contribution is 5.32. The monoisotopic (exact) mass is 195 g/mol. The second-order valence-corrected chi connectivity index (χ2v) is 2.89. The maximum Gasteiger partial charge on any atom is 0.114 e. The van der Waals surface area contributed by atoms with Gasteiger partial charge >= 0.3 is 0 Å². The second-order valence-electron chi connectivity index (χ2n) is 2.89. The minimum atomic E-state index is 0.376. The van der Waals surface area contributed by atoms with Crippen LogP contribution in [0.15, 0.2) is 36.1 Å². The molecule has 1 rings (SSSR count). The summed E-state index contributed by atoms with van der Waals surface area (Å²) in [5.41, 5.74) is 0.992. The molecule has 2 nitrogen and oxygen atoms in total. The first-order valence-corrected chi connectivity index (χ1v) is 5.18. The van der Waals surface area contributed by atoms with Crippen LogP contribution in [0.1, 0.15) is 20.8 Å². The van der Waals surface area contributed by atoms with Crippen LogP contribution < -0.4 is 5.32 Å². The largest absolute Gasteiger partial charge is 0.508 e. The fourth-order valence-electron chi connectivity index (χ4n) is 1.23. The van der Waals surface area contributed by atoms with Gasteiger partial charge in [0.05, 0.1) is 0 Å². The molecule has 1 aliphatic rings. The number of aliphatic hydroxyl groups excluding tert-OH is 1. The van der Waals surface area contributed by atoms with Crippen LogP contribution in [0.5, 0.6) is 0 Å². The first-order valence-electron chi connectivity index (χ1n) is 5.18.